The molecule has 0 radical (unpaired) electrons. The average Bonchev–Trinajstić information content (AvgIpc) is 3.20. The minimum absolute atomic E-state index is 0.0643. The van der Waals surface area contributed by atoms with Gasteiger partial charge in [-0.25, -0.2) is 4.98 Å². The first-order valence-corrected chi connectivity index (χ1v) is 13.4. The molecule has 1 aliphatic carbocycles. The summed E-state index contributed by atoms with van der Waals surface area (Å²) in [6.07, 6.45) is 3.11. The van der Waals surface area contributed by atoms with Crippen molar-refractivity contribution < 1.29 is 9.47 Å². The molecule has 0 unspecified atom stereocenters. The van der Waals surface area contributed by atoms with Crippen LogP contribution in [0.15, 0.2) is 52.2 Å². The second kappa shape index (κ2) is 10.0. The molecule has 4 aromatic rings. The lowest BCUT2D eigenvalue weighted by atomic mass is 9.89. The van der Waals surface area contributed by atoms with E-state index in [4.69, 9.17) is 26.1 Å². The van der Waals surface area contributed by atoms with Crippen LogP contribution in [0.1, 0.15) is 23.8 Å². The van der Waals surface area contributed by atoms with Crippen LogP contribution in [-0.2, 0) is 12.8 Å². The Morgan fingerprint density at radius 2 is 2.03 bits per heavy atom. The Morgan fingerprint density at radius 3 is 2.82 bits per heavy atom. The zero-order valence-electron chi connectivity index (χ0n) is 19.0. The van der Waals surface area contributed by atoms with Crippen LogP contribution in [0.5, 0.6) is 11.5 Å². The Bertz CT molecular complexity index is 1380. The highest BCUT2D eigenvalue weighted by Gasteiger charge is 2.23. The molecule has 176 valence electrons. The molecule has 0 fully saturated rings. The van der Waals surface area contributed by atoms with Gasteiger partial charge in [0.25, 0.3) is 5.56 Å². The average molecular weight is 513 g/mol. The summed E-state index contributed by atoms with van der Waals surface area (Å²) in [5, 5.41) is 1.49. The van der Waals surface area contributed by atoms with E-state index in [1.165, 1.54) is 10.4 Å². The zero-order chi connectivity index (χ0) is 23.7. The Morgan fingerprint density at radius 1 is 1.21 bits per heavy atom. The van der Waals surface area contributed by atoms with Crippen molar-refractivity contribution in [3.63, 3.8) is 0 Å². The Labute approximate surface area is 211 Å². The Balaban J connectivity index is 1.33. The normalized spacial score (nSPS) is 15.3. The number of hydrogen-bond acceptors (Lipinski definition) is 6. The first-order valence-electron chi connectivity index (χ1n) is 11.3. The molecule has 0 aliphatic heterocycles. The third-order valence-electron chi connectivity index (χ3n) is 6.03. The maximum absolute atomic E-state index is 13.0. The second-order valence-corrected chi connectivity index (χ2v) is 11.2. The number of H-pyrrole nitrogens is 1. The number of aromatic nitrogens is 2. The fourth-order valence-corrected chi connectivity index (χ4v) is 6.50. The van der Waals surface area contributed by atoms with E-state index < -0.39 is 0 Å². The van der Waals surface area contributed by atoms with E-state index in [1.807, 2.05) is 42.5 Å². The molecule has 2 aromatic carbocycles. The van der Waals surface area contributed by atoms with Gasteiger partial charge in [0.05, 0.1) is 19.1 Å². The van der Waals surface area contributed by atoms with E-state index >= 15 is 0 Å². The van der Waals surface area contributed by atoms with Gasteiger partial charge in [0.2, 0.25) is 0 Å². The molecule has 0 saturated heterocycles. The molecule has 0 amide bonds. The molecule has 1 aliphatic rings. The summed E-state index contributed by atoms with van der Waals surface area (Å²) in [5.74, 6) is 3.26. The fraction of sp³-hybridized carbons (Fsp3) is 0.308. The molecule has 2 aromatic heterocycles. The highest BCUT2D eigenvalue weighted by atomic mass is 35.5. The first kappa shape index (κ1) is 23.3. The Kier molecular flexibility index (Phi) is 6.86. The van der Waals surface area contributed by atoms with E-state index in [1.54, 1.807) is 30.2 Å². The maximum Gasteiger partial charge on any atom is 0.260 e. The molecule has 8 heteroatoms. The van der Waals surface area contributed by atoms with Crippen LogP contribution in [0.3, 0.4) is 0 Å². The minimum Gasteiger partial charge on any atom is -0.493 e. The van der Waals surface area contributed by atoms with Crippen LogP contribution in [-0.4, -0.2) is 29.4 Å². The van der Waals surface area contributed by atoms with Gasteiger partial charge in [0, 0.05) is 26.1 Å². The minimum atomic E-state index is -0.0643. The predicted molar refractivity (Wildman–Crippen MR) is 141 cm³/mol. The highest BCUT2D eigenvalue weighted by molar-refractivity contribution is 7.99. The van der Waals surface area contributed by atoms with Gasteiger partial charge in [0.15, 0.2) is 11.5 Å². The quantitative estimate of drug-likeness (QED) is 0.223. The summed E-state index contributed by atoms with van der Waals surface area (Å²) < 4.78 is 11.5. The van der Waals surface area contributed by atoms with E-state index in [0.29, 0.717) is 29.8 Å². The van der Waals surface area contributed by atoms with Crippen LogP contribution in [0.4, 0.5) is 0 Å². The molecule has 0 saturated carbocycles. The van der Waals surface area contributed by atoms with Crippen LogP contribution in [0, 0.1) is 5.92 Å². The van der Waals surface area contributed by atoms with Gasteiger partial charge in [0.1, 0.15) is 10.7 Å². The topological polar surface area (TPSA) is 64.2 Å². The van der Waals surface area contributed by atoms with Crippen molar-refractivity contribution in [1.29, 1.82) is 0 Å². The third kappa shape index (κ3) is 4.83. The predicted octanol–water partition coefficient (Wildman–Crippen LogP) is 6.61. The van der Waals surface area contributed by atoms with Crippen LogP contribution >= 0.6 is 34.7 Å². The number of halogens is 1. The number of rotatable bonds is 7. The number of benzene rings is 2. The van der Waals surface area contributed by atoms with E-state index in [2.05, 4.69) is 11.9 Å². The summed E-state index contributed by atoms with van der Waals surface area (Å²) in [4.78, 5) is 24.0. The molecule has 0 spiro atoms. The zero-order valence-corrected chi connectivity index (χ0v) is 21.4. The Hall–Kier alpha value is -2.48. The summed E-state index contributed by atoms with van der Waals surface area (Å²) >= 11 is 9.30. The standard InChI is InChI=1S/C26H25ClN2O3S2/c1-15-3-9-19-22(13-15)34-26-23(19)25(30)28-24(29-26)16-4-10-20(21(14-16)31-2)32-11-12-33-18-7-5-17(27)6-8-18/h4-8,10,14-15H,3,9,11-13H2,1-2H3,(H,28,29,30)/t15-/m1/s1. The molecule has 0 bridgehead atoms. The lowest BCUT2D eigenvalue weighted by molar-refractivity contribution is 0.313. The number of thiophene rings is 1. The molecule has 5 rings (SSSR count). The number of nitrogens with zero attached hydrogens (tertiary/aromatic N) is 1. The van der Waals surface area contributed by atoms with Gasteiger partial charge in [-0.1, -0.05) is 18.5 Å². The van der Waals surface area contributed by atoms with Gasteiger partial charge < -0.3 is 14.5 Å². The smallest absolute Gasteiger partial charge is 0.260 e. The number of nitrogens with one attached hydrogen (secondary N) is 1. The van der Waals surface area contributed by atoms with Crippen molar-refractivity contribution >= 4 is 44.9 Å². The molecule has 2 heterocycles. The van der Waals surface area contributed by atoms with Crippen molar-refractivity contribution in [2.45, 2.75) is 31.1 Å². The van der Waals surface area contributed by atoms with Crippen molar-refractivity contribution in [3.05, 3.63) is 68.3 Å². The van der Waals surface area contributed by atoms with E-state index in [0.717, 1.165) is 50.7 Å². The van der Waals surface area contributed by atoms with Crippen LogP contribution in [0.25, 0.3) is 21.6 Å². The number of thioether (sulfide) groups is 1. The number of ether oxygens (including phenoxy) is 2. The lowest BCUT2D eigenvalue weighted by Crippen LogP contribution is -2.13. The summed E-state index contributed by atoms with van der Waals surface area (Å²) in [6.45, 7) is 2.80. The molecule has 5 nitrogen and oxygen atoms in total. The fourth-order valence-electron chi connectivity index (χ4n) is 4.26. The first-order chi connectivity index (χ1) is 16.5. The number of hydrogen-bond donors (Lipinski definition) is 1. The van der Waals surface area contributed by atoms with Crippen LogP contribution < -0.4 is 15.0 Å². The lowest BCUT2D eigenvalue weighted by Gasteiger charge is -2.17. The van der Waals surface area contributed by atoms with E-state index in [9.17, 15) is 4.79 Å². The molecule has 1 atom stereocenters. The van der Waals surface area contributed by atoms with E-state index in [-0.39, 0.29) is 5.56 Å². The molecule has 1 N–H and O–H groups in total. The maximum atomic E-state index is 13.0. The summed E-state index contributed by atoms with van der Waals surface area (Å²) in [5.41, 5.74) is 1.92. The summed E-state index contributed by atoms with van der Waals surface area (Å²) in [6, 6.07) is 13.4. The van der Waals surface area contributed by atoms with Crippen molar-refractivity contribution in [2.24, 2.45) is 5.92 Å². The number of methoxy groups -OCH3 is 1. The van der Waals surface area contributed by atoms with Crippen LogP contribution in [0.2, 0.25) is 5.02 Å². The largest absolute Gasteiger partial charge is 0.493 e. The monoisotopic (exact) mass is 512 g/mol. The third-order valence-corrected chi connectivity index (χ3v) is 8.40. The van der Waals surface area contributed by atoms with Gasteiger partial charge in [-0.05, 0) is 73.2 Å². The number of aromatic amines is 1. The molecule has 34 heavy (non-hydrogen) atoms. The number of fused-ring (bicyclic) bond motifs is 3. The van der Waals surface area contributed by atoms with Crippen molar-refractivity contribution in [3.8, 4) is 22.9 Å². The SMILES string of the molecule is COc1cc(-c2nc3sc4c(c3c(=O)[nH]2)CC[C@@H](C)C4)ccc1OCCSc1ccc(Cl)cc1. The number of aryl methyl sites for hydroxylation is 1. The highest BCUT2D eigenvalue weighted by Crippen LogP contribution is 2.37. The molecular formula is C26H25ClN2O3S2. The van der Waals surface area contributed by atoms with Gasteiger partial charge >= 0.3 is 0 Å². The van der Waals surface area contributed by atoms with Crippen molar-refractivity contribution in [1.82, 2.24) is 9.97 Å². The van der Waals surface area contributed by atoms with Crippen molar-refractivity contribution in [2.75, 3.05) is 19.5 Å². The second-order valence-electron chi connectivity index (χ2n) is 8.46. The van der Waals surface area contributed by atoms with Gasteiger partial charge in [-0.15, -0.1) is 23.1 Å². The summed E-state index contributed by atoms with van der Waals surface area (Å²) in [7, 11) is 1.61. The van der Waals surface area contributed by atoms with Gasteiger partial charge in [-0.3, -0.25) is 4.79 Å². The van der Waals surface area contributed by atoms with Gasteiger partial charge in [-0.2, -0.15) is 0 Å². The molecular weight excluding hydrogens is 488 g/mol.